The number of thiophene rings is 1. The zero-order valence-electron chi connectivity index (χ0n) is 10.5. The van der Waals surface area contributed by atoms with Crippen molar-refractivity contribution in [3.05, 3.63) is 54.1 Å². The standard InChI is InChI=1S/C16H11ClN2S/c17-16-18-9-8-13(19-16)12-6-3-5-11-10-4-1-2-7-14(10)20-15(11)12/h1-9,16,19H. The number of benzene rings is 2. The van der Waals surface area contributed by atoms with Crippen molar-refractivity contribution in [1.29, 1.82) is 0 Å². The van der Waals surface area contributed by atoms with Crippen molar-refractivity contribution in [2.45, 2.75) is 5.62 Å². The Morgan fingerprint density at radius 3 is 2.80 bits per heavy atom. The smallest absolute Gasteiger partial charge is 0.195 e. The van der Waals surface area contributed by atoms with Crippen LogP contribution in [-0.2, 0) is 0 Å². The molecule has 0 fully saturated rings. The summed E-state index contributed by atoms with van der Waals surface area (Å²) in [5.74, 6) is 0. The van der Waals surface area contributed by atoms with E-state index in [0.717, 1.165) is 5.70 Å². The summed E-state index contributed by atoms with van der Waals surface area (Å²) < 4.78 is 2.59. The Morgan fingerprint density at radius 2 is 1.90 bits per heavy atom. The van der Waals surface area contributed by atoms with Gasteiger partial charge in [-0.2, -0.15) is 0 Å². The summed E-state index contributed by atoms with van der Waals surface area (Å²) in [5, 5.41) is 5.80. The van der Waals surface area contributed by atoms with E-state index in [1.54, 1.807) is 6.21 Å². The highest BCUT2D eigenvalue weighted by atomic mass is 35.5. The molecule has 0 saturated carbocycles. The number of hydrogen-bond acceptors (Lipinski definition) is 3. The van der Waals surface area contributed by atoms with Crippen LogP contribution in [0.15, 0.2) is 53.5 Å². The first-order valence-electron chi connectivity index (χ1n) is 6.37. The number of rotatable bonds is 1. The van der Waals surface area contributed by atoms with Crippen molar-refractivity contribution in [2.24, 2.45) is 4.99 Å². The third kappa shape index (κ3) is 1.82. The van der Waals surface area contributed by atoms with E-state index in [-0.39, 0.29) is 5.62 Å². The summed E-state index contributed by atoms with van der Waals surface area (Å²) in [5.41, 5.74) is 1.82. The molecule has 0 amide bonds. The molecule has 2 nitrogen and oxygen atoms in total. The Balaban J connectivity index is 2.01. The quantitative estimate of drug-likeness (QED) is 0.515. The molecule has 2 heterocycles. The van der Waals surface area contributed by atoms with Crippen molar-refractivity contribution in [2.75, 3.05) is 0 Å². The fourth-order valence-electron chi connectivity index (χ4n) is 2.53. The molecular weight excluding hydrogens is 288 g/mol. The Morgan fingerprint density at radius 1 is 1.05 bits per heavy atom. The molecule has 1 aromatic heterocycles. The van der Waals surface area contributed by atoms with Gasteiger partial charge in [0.1, 0.15) is 0 Å². The number of alkyl halides is 1. The van der Waals surface area contributed by atoms with E-state index < -0.39 is 0 Å². The lowest BCUT2D eigenvalue weighted by Crippen LogP contribution is -2.23. The molecule has 4 rings (SSSR count). The van der Waals surface area contributed by atoms with Crippen LogP contribution >= 0.6 is 22.9 Å². The Kier molecular flexibility index (Phi) is 2.76. The summed E-state index contributed by atoms with van der Waals surface area (Å²) in [6.07, 6.45) is 3.73. The fraction of sp³-hybridized carbons (Fsp3) is 0.0625. The number of hydrogen-bond donors (Lipinski definition) is 1. The largest absolute Gasteiger partial charge is 0.351 e. The minimum atomic E-state index is -0.389. The zero-order valence-corrected chi connectivity index (χ0v) is 12.1. The average Bonchev–Trinajstić information content (AvgIpc) is 2.86. The van der Waals surface area contributed by atoms with Crippen molar-refractivity contribution >= 4 is 55.0 Å². The number of halogens is 1. The van der Waals surface area contributed by atoms with Crippen LogP contribution in [0.2, 0.25) is 0 Å². The first-order valence-corrected chi connectivity index (χ1v) is 7.63. The Labute approximate surface area is 125 Å². The Hall–Kier alpha value is -1.84. The average molecular weight is 299 g/mol. The lowest BCUT2D eigenvalue weighted by atomic mass is 10.1. The summed E-state index contributed by atoms with van der Waals surface area (Å²) in [7, 11) is 0. The second-order valence-electron chi connectivity index (χ2n) is 4.64. The van der Waals surface area contributed by atoms with Crippen LogP contribution in [0.5, 0.6) is 0 Å². The van der Waals surface area contributed by atoms with E-state index in [0.29, 0.717) is 0 Å². The predicted octanol–water partition coefficient (Wildman–Crippen LogP) is 4.59. The SMILES string of the molecule is ClC1N=CC=C(c2cccc3c2sc2ccccc23)N1. The van der Waals surface area contributed by atoms with Gasteiger partial charge in [-0.25, -0.2) is 0 Å². The van der Waals surface area contributed by atoms with E-state index in [1.807, 2.05) is 17.4 Å². The highest BCUT2D eigenvalue weighted by molar-refractivity contribution is 7.26. The van der Waals surface area contributed by atoms with Crippen LogP contribution in [0.4, 0.5) is 0 Å². The number of fused-ring (bicyclic) bond motifs is 3. The van der Waals surface area contributed by atoms with Gasteiger partial charge in [0, 0.05) is 37.6 Å². The van der Waals surface area contributed by atoms with Crippen molar-refractivity contribution in [3.63, 3.8) is 0 Å². The van der Waals surface area contributed by atoms with Gasteiger partial charge in [-0.05, 0) is 12.1 Å². The van der Waals surface area contributed by atoms with E-state index in [4.69, 9.17) is 11.6 Å². The third-order valence-electron chi connectivity index (χ3n) is 3.43. The molecule has 3 aromatic rings. The van der Waals surface area contributed by atoms with E-state index in [9.17, 15) is 0 Å². The minimum absolute atomic E-state index is 0.389. The van der Waals surface area contributed by atoms with Crippen LogP contribution < -0.4 is 5.32 Å². The molecule has 1 unspecified atom stereocenters. The van der Waals surface area contributed by atoms with E-state index in [1.165, 1.54) is 25.7 Å². The van der Waals surface area contributed by atoms with Gasteiger partial charge in [0.2, 0.25) is 0 Å². The summed E-state index contributed by atoms with van der Waals surface area (Å²) in [4.78, 5) is 4.08. The molecular formula is C16H11ClN2S. The highest BCUT2D eigenvalue weighted by Crippen LogP contribution is 2.37. The van der Waals surface area contributed by atoms with Gasteiger partial charge in [-0.15, -0.1) is 11.3 Å². The van der Waals surface area contributed by atoms with Crippen LogP contribution in [0.1, 0.15) is 5.56 Å². The molecule has 0 radical (unpaired) electrons. The maximum absolute atomic E-state index is 6.04. The molecule has 0 aliphatic carbocycles. The Bertz CT molecular complexity index is 863. The van der Waals surface area contributed by atoms with Crippen LogP contribution in [0, 0.1) is 0 Å². The van der Waals surface area contributed by atoms with Gasteiger partial charge in [0.05, 0.1) is 0 Å². The first-order chi connectivity index (χ1) is 9.83. The minimum Gasteiger partial charge on any atom is -0.351 e. The van der Waals surface area contributed by atoms with Gasteiger partial charge in [-0.1, -0.05) is 48.0 Å². The van der Waals surface area contributed by atoms with Gasteiger partial charge < -0.3 is 5.32 Å². The van der Waals surface area contributed by atoms with Crippen LogP contribution in [0.3, 0.4) is 0 Å². The number of nitrogens with zero attached hydrogens (tertiary/aromatic N) is 1. The molecule has 1 aliphatic heterocycles. The molecule has 1 atom stereocenters. The molecule has 0 saturated heterocycles. The molecule has 1 N–H and O–H groups in total. The zero-order chi connectivity index (χ0) is 13.5. The van der Waals surface area contributed by atoms with Crippen molar-refractivity contribution in [1.82, 2.24) is 5.32 Å². The maximum Gasteiger partial charge on any atom is 0.195 e. The molecule has 20 heavy (non-hydrogen) atoms. The van der Waals surface area contributed by atoms with Crippen LogP contribution in [0.25, 0.3) is 25.9 Å². The first kappa shape index (κ1) is 11.9. The van der Waals surface area contributed by atoms with E-state index in [2.05, 4.69) is 52.8 Å². The van der Waals surface area contributed by atoms with E-state index >= 15 is 0 Å². The van der Waals surface area contributed by atoms with Gasteiger partial charge >= 0.3 is 0 Å². The third-order valence-corrected chi connectivity index (χ3v) is 4.87. The van der Waals surface area contributed by atoms with Crippen molar-refractivity contribution in [3.8, 4) is 0 Å². The summed E-state index contributed by atoms with van der Waals surface area (Å²) in [6, 6.07) is 14.9. The number of allylic oxidation sites excluding steroid dienone is 1. The number of nitrogens with one attached hydrogen (secondary N) is 1. The van der Waals surface area contributed by atoms with Crippen molar-refractivity contribution < 1.29 is 0 Å². The highest BCUT2D eigenvalue weighted by Gasteiger charge is 2.14. The van der Waals surface area contributed by atoms with Gasteiger partial charge in [0.25, 0.3) is 0 Å². The lowest BCUT2D eigenvalue weighted by molar-refractivity contribution is 0.825. The summed E-state index contributed by atoms with van der Waals surface area (Å²) in [6.45, 7) is 0. The molecule has 2 aromatic carbocycles. The maximum atomic E-state index is 6.04. The molecule has 98 valence electrons. The second-order valence-corrected chi connectivity index (χ2v) is 6.10. The molecule has 4 heteroatoms. The molecule has 1 aliphatic rings. The van der Waals surface area contributed by atoms with Gasteiger partial charge in [0.15, 0.2) is 5.62 Å². The number of aliphatic imine (C=N–C) groups is 1. The lowest BCUT2D eigenvalue weighted by Gasteiger charge is -2.16. The summed E-state index contributed by atoms with van der Waals surface area (Å²) >= 11 is 7.86. The predicted molar refractivity (Wildman–Crippen MR) is 88.6 cm³/mol. The second kappa shape index (κ2) is 4.62. The normalized spacial score (nSPS) is 18.2. The van der Waals surface area contributed by atoms with Crippen LogP contribution in [-0.4, -0.2) is 11.8 Å². The topological polar surface area (TPSA) is 24.4 Å². The molecule has 0 spiro atoms. The monoisotopic (exact) mass is 298 g/mol. The fourth-order valence-corrected chi connectivity index (χ4v) is 3.95. The molecule has 0 bridgehead atoms. The van der Waals surface area contributed by atoms with Gasteiger partial charge in [-0.3, -0.25) is 4.99 Å².